The third kappa shape index (κ3) is 7.77. The van der Waals surface area contributed by atoms with Crippen LogP contribution in [0.3, 0.4) is 0 Å². The molecule has 178 valence electrons. The molecule has 0 saturated carbocycles. The maximum absolute atomic E-state index is 12.5. The van der Waals surface area contributed by atoms with Crippen LogP contribution in [0.4, 0.5) is 0 Å². The Hall–Kier alpha value is -3.60. The molecule has 0 aliphatic heterocycles. The molecule has 34 heavy (non-hydrogen) atoms. The van der Waals surface area contributed by atoms with Crippen LogP contribution in [0.15, 0.2) is 78.9 Å². The first-order valence-electron chi connectivity index (χ1n) is 11.9. The predicted octanol–water partition coefficient (Wildman–Crippen LogP) is 7.60. The van der Waals surface area contributed by atoms with Crippen LogP contribution in [-0.4, -0.2) is 18.0 Å². The molecule has 3 aromatic rings. The molecule has 5 nitrogen and oxygen atoms in total. The van der Waals surface area contributed by atoms with E-state index >= 15 is 0 Å². The van der Waals surface area contributed by atoms with Gasteiger partial charge in [-0.2, -0.15) is 0 Å². The molecule has 1 atom stereocenters. The Balaban J connectivity index is 1.51. The molecule has 3 aromatic carbocycles. The highest BCUT2D eigenvalue weighted by molar-refractivity contribution is 5.92. The average Bonchev–Trinajstić information content (AvgIpc) is 2.87. The van der Waals surface area contributed by atoms with Gasteiger partial charge >= 0.3 is 11.9 Å². The van der Waals surface area contributed by atoms with Crippen molar-refractivity contribution in [1.82, 2.24) is 0 Å². The van der Waals surface area contributed by atoms with Crippen molar-refractivity contribution in [3.63, 3.8) is 0 Å². The second kappa shape index (κ2) is 13.2. The number of esters is 2. The summed E-state index contributed by atoms with van der Waals surface area (Å²) >= 11 is 0. The van der Waals surface area contributed by atoms with E-state index in [9.17, 15) is 9.59 Å². The number of hydrogen-bond donors (Lipinski definition) is 0. The zero-order chi connectivity index (χ0) is 24.2. The smallest absolute Gasteiger partial charge is 0.343 e. The number of para-hydroxylation sites is 1. The molecule has 3 rings (SSSR count). The highest BCUT2D eigenvalue weighted by atomic mass is 16.5. The van der Waals surface area contributed by atoms with E-state index in [-0.39, 0.29) is 12.1 Å². The Bertz CT molecular complexity index is 1030. The Kier molecular flexibility index (Phi) is 9.71. The van der Waals surface area contributed by atoms with Crippen LogP contribution >= 0.6 is 0 Å². The molecular formula is C29H32O5. The summed E-state index contributed by atoms with van der Waals surface area (Å²) in [5.41, 5.74) is 0.840. The SMILES string of the molecule is CCCCCCC(CC)OC(=O)c1ccc(OC(=O)c2ccc(Oc3ccccc3)cc2)cc1. The van der Waals surface area contributed by atoms with E-state index in [1.54, 1.807) is 48.5 Å². The molecule has 0 aliphatic rings. The minimum atomic E-state index is -0.486. The Morgan fingerprint density at radius 1 is 0.676 bits per heavy atom. The molecule has 5 heteroatoms. The summed E-state index contributed by atoms with van der Waals surface area (Å²) in [4.78, 5) is 25.0. The van der Waals surface area contributed by atoms with E-state index in [4.69, 9.17) is 14.2 Å². The fourth-order valence-corrected chi connectivity index (χ4v) is 3.47. The quantitative estimate of drug-likeness (QED) is 0.158. The van der Waals surface area contributed by atoms with Gasteiger partial charge in [0.1, 0.15) is 23.4 Å². The second-order valence-electron chi connectivity index (χ2n) is 8.14. The van der Waals surface area contributed by atoms with Crippen molar-refractivity contribution in [3.05, 3.63) is 90.0 Å². The molecule has 0 aromatic heterocycles. The van der Waals surface area contributed by atoms with Crippen molar-refractivity contribution in [3.8, 4) is 17.2 Å². The van der Waals surface area contributed by atoms with Crippen LogP contribution in [0, 0.1) is 0 Å². The average molecular weight is 461 g/mol. The third-order valence-electron chi connectivity index (χ3n) is 5.48. The molecule has 0 bridgehead atoms. The van der Waals surface area contributed by atoms with E-state index in [1.807, 2.05) is 37.3 Å². The van der Waals surface area contributed by atoms with Crippen molar-refractivity contribution in [2.75, 3.05) is 0 Å². The summed E-state index contributed by atoms with van der Waals surface area (Å²) in [5, 5.41) is 0. The van der Waals surface area contributed by atoms with Gasteiger partial charge in [-0.05, 0) is 79.9 Å². The molecule has 0 N–H and O–H groups in total. The molecule has 0 heterocycles. The zero-order valence-electron chi connectivity index (χ0n) is 19.9. The lowest BCUT2D eigenvalue weighted by molar-refractivity contribution is 0.0267. The number of ether oxygens (including phenoxy) is 3. The van der Waals surface area contributed by atoms with Gasteiger partial charge in [-0.25, -0.2) is 9.59 Å². The second-order valence-corrected chi connectivity index (χ2v) is 8.14. The van der Waals surface area contributed by atoms with Gasteiger partial charge in [0.05, 0.1) is 11.1 Å². The topological polar surface area (TPSA) is 61.8 Å². The highest BCUT2D eigenvalue weighted by Gasteiger charge is 2.15. The van der Waals surface area contributed by atoms with Gasteiger partial charge in [0, 0.05) is 0 Å². The summed E-state index contributed by atoms with van der Waals surface area (Å²) in [6.45, 7) is 4.21. The van der Waals surface area contributed by atoms with E-state index in [1.165, 1.54) is 12.8 Å². The van der Waals surface area contributed by atoms with Crippen molar-refractivity contribution < 1.29 is 23.8 Å². The van der Waals surface area contributed by atoms with Crippen molar-refractivity contribution >= 4 is 11.9 Å². The standard InChI is InChI=1S/C29H32O5/c1-3-5-6-8-11-24(4-2)33-28(30)22-16-20-27(21-17-22)34-29(31)23-14-18-26(19-15-23)32-25-12-9-7-10-13-25/h7,9-10,12-21,24H,3-6,8,11H2,1-2H3. The number of carbonyl (C=O) groups excluding carboxylic acids is 2. The monoisotopic (exact) mass is 460 g/mol. The van der Waals surface area contributed by atoms with Gasteiger partial charge in [-0.3, -0.25) is 0 Å². The molecule has 0 fully saturated rings. The van der Waals surface area contributed by atoms with Gasteiger partial charge in [0.2, 0.25) is 0 Å². The lowest BCUT2D eigenvalue weighted by atomic mass is 10.1. The summed E-state index contributed by atoms with van der Waals surface area (Å²) in [7, 11) is 0. The van der Waals surface area contributed by atoms with Crippen LogP contribution in [0.1, 0.15) is 73.1 Å². The fourth-order valence-electron chi connectivity index (χ4n) is 3.47. The number of carbonyl (C=O) groups is 2. The Labute approximate surface area is 201 Å². The largest absolute Gasteiger partial charge is 0.459 e. The van der Waals surface area contributed by atoms with Gasteiger partial charge in [-0.1, -0.05) is 51.3 Å². The lowest BCUT2D eigenvalue weighted by Gasteiger charge is -2.16. The van der Waals surface area contributed by atoms with Crippen LogP contribution in [-0.2, 0) is 4.74 Å². The maximum atomic E-state index is 12.5. The third-order valence-corrected chi connectivity index (χ3v) is 5.48. The normalized spacial score (nSPS) is 11.5. The Morgan fingerprint density at radius 2 is 1.26 bits per heavy atom. The molecular weight excluding hydrogens is 428 g/mol. The van der Waals surface area contributed by atoms with Gasteiger partial charge in [0.15, 0.2) is 0 Å². The van der Waals surface area contributed by atoms with Gasteiger partial charge in [0.25, 0.3) is 0 Å². The summed E-state index contributed by atoms with van der Waals surface area (Å²) in [6.07, 6.45) is 6.21. The first kappa shape index (κ1) is 25.0. The van der Waals surface area contributed by atoms with E-state index in [0.29, 0.717) is 22.6 Å². The first-order chi connectivity index (χ1) is 16.6. The van der Waals surface area contributed by atoms with E-state index in [0.717, 1.165) is 31.4 Å². The van der Waals surface area contributed by atoms with Gasteiger partial charge in [-0.15, -0.1) is 0 Å². The summed E-state index contributed by atoms with van der Waals surface area (Å²) in [5.74, 6) is 0.867. The summed E-state index contributed by atoms with van der Waals surface area (Å²) in [6, 6.07) is 22.6. The molecule has 0 saturated heterocycles. The van der Waals surface area contributed by atoms with Crippen molar-refractivity contribution in [2.45, 2.75) is 58.5 Å². The number of unbranched alkanes of at least 4 members (excludes halogenated alkanes) is 3. The van der Waals surface area contributed by atoms with Gasteiger partial charge < -0.3 is 14.2 Å². The number of hydrogen-bond acceptors (Lipinski definition) is 5. The van der Waals surface area contributed by atoms with E-state index in [2.05, 4.69) is 6.92 Å². The van der Waals surface area contributed by atoms with E-state index < -0.39 is 5.97 Å². The van der Waals surface area contributed by atoms with Crippen LogP contribution in [0.5, 0.6) is 17.2 Å². The number of rotatable bonds is 12. The fraction of sp³-hybridized carbons (Fsp3) is 0.310. The molecule has 0 amide bonds. The molecule has 0 aliphatic carbocycles. The first-order valence-corrected chi connectivity index (χ1v) is 11.9. The minimum Gasteiger partial charge on any atom is -0.459 e. The van der Waals surface area contributed by atoms with Crippen LogP contribution < -0.4 is 9.47 Å². The highest BCUT2D eigenvalue weighted by Crippen LogP contribution is 2.22. The maximum Gasteiger partial charge on any atom is 0.343 e. The minimum absolute atomic E-state index is 0.0734. The predicted molar refractivity (Wildman–Crippen MR) is 133 cm³/mol. The molecule has 0 radical (unpaired) electrons. The summed E-state index contributed by atoms with van der Waals surface area (Å²) < 4.78 is 16.8. The lowest BCUT2D eigenvalue weighted by Crippen LogP contribution is -2.17. The van der Waals surface area contributed by atoms with Crippen LogP contribution in [0.2, 0.25) is 0 Å². The molecule has 0 spiro atoms. The zero-order valence-corrected chi connectivity index (χ0v) is 19.9. The van der Waals surface area contributed by atoms with Crippen molar-refractivity contribution in [2.24, 2.45) is 0 Å². The van der Waals surface area contributed by atoms with Crippen LogP contribution in [0.25, 0.3) is 0 Å². The Morgan fingerprint density at radius 3 is 1.88 bits per heavy atom. The number of benzene rings is 3. The van der Waals surface area contributed by atoms with Crippen molar-refractivity contribution in [1.29, 1.82) is 0 Å². The molecule has 1 unspecified atom stereocenters.